The molecule has 8 nitrogen and oxygen atoms in total. The number of unbranched alkanes of at least 4 members (excludes halogenated alkanes) is 2. The van der Waals surface area contributed by atoms with E-state index in [1.165, 1.54) is 0 Å². The third-order valence-electron chi connectivity index (χ3n) is 3.43. The molecule has 0 rings (SSSR count). The fourth-order valence-corrected chi connectivity index (χ4v) is 3.45. The highest BCUT2D eigenvalue weighted by Gasteiger charge is 2.58. The van der Waals surface area contributed by atoms with Crippen molar-refractivity contribution in [3.63, 3.8) is 0 Å². The first kappa shape index (κ1) is 22.1. The SMILES string of the molecule is CCCCC(C(=O)O)C(CCCC)(C(=O)O)S(=O)(=O)O.N. The lowest BCUT2D eigenvalue weighted by Crippen LogP contribution is -2.55. The number of hydrogen-bond donors (Lipinski definition) is 4. The second-order valence-electron chi connectivity index (χ2n) is 4.81. The molecule has 2 unspecified atom stereocenters. The minimum Gasteiger partial charge on any atom is -0.481 e. The first-order chi connectivity index (χ1) is 9.15. The monoisotopic (exact) mass is 327 g/mol. The van der Waals surface area contributed by atoms with Crippen LogP contribution in [-0.2, 0) is 19.7 Å². The van der Waals surface area contributed by atoms with Crippen LogP contribution in [0.1, 0.15) is 52.4 Å². The molecule has 21 heavy (non-hydrogen) atoms. The molecule has 0 aliphatic heterocycles. The molecule has 0 radical (unpaired) electrons. The van der Waals surface area contributed by atoms with Crippen LogP contribution in [0.5, 0.6) is 0 Å². The van der Waals surface area contributed by atoms with Crippen molar-refractivity contribution in [2.45, 2.75) is 57.1 Å². The molecular formula is C12H25NO7S. The Morgan fingerprint density at radius 2 is 1.57 bits per heavy atom. The largest absolute Gasteiger partial charge is 0.481 e. The number of rotatable bonds is 10. The van der Waals surface area contributed by atoms with E-state index in [4.69, 9.17) is 0 Å². The van der Waals surface area contributed by atoms with Crippen molar-refractivity contribution in [1.29, 1.82) is 0 Å². The van der Waals surface area contributed by atoms with Gasteiger partial charge in [0.05, 0.1) is 5.92 Å². The average molecular weight is 327 g/mol. The maximum Gasteiger partial charge on any atom is 0.328 e. The van der Waals surface area contributed by atoms with Crippen LogP contribution in [0.4, 0.5) is 0 Å². The van der Waals surface area contributed by atoms with E-state index in [9.17, 15) is 32.8 Å². The van der Waals surface area contributed by atoms with Crippen molar-refractivity contribution < 1.29 is 32.8 Å². The zero-order valence-corrected chi connectivity index (χ0v) is 13.2. The Hall–Kier alpha value is -1.19. The molecule has 0 aliphatic carbocycles. The summed E-state index contributed by atoms with van der Waals surface area (Å²) in [6.45, 7) is 3.50. The molecule has 6 N–H and O–H groups in total. The van der Waals surface area contributed by atoms with Gasteiger partial charge in [0, 0.05) is 0 Å². The lowest BCUT2D eigenvalue weighted by molar-refractivity contribution is -0.152. The number of carboxylic acid groups (broad SMARTS) is 2. The molecule has 0 heterocycles. The molecule has 9 heteroatoms. The first-order valence-corrected chi connectivity index (χ1v) is 8.02. The maximum absolute atomic E-state index is 11.6. The van der Waals surface area contributed by atoms with E-state index in [2.05, 4.69) is 0 Å². The van der Waals surface area contributed by atoms with Gasteiger partial charge in [-0.1, -0.05) is 39.5 Å². The van der Waals surface area contributed by atoms with E-state index in [-0.39, 0.29) is 19.0 Å². The van der Waals surface area contributed by atoms with Crippen LogP contribution in [0.25, 0.3) is 0 Å². The van der Waals surface area contributed by atoms with E-state index in [1.54, 1.807) is 13.8 Å². The molecule has 2 atom stereocenters. The fourth-order valence-electron chi connectivity index (χ4n) is 2.25. The van der Waals surface area contributed by atoms with Gasteiger partial charge in [0.1, 0.15) is 0 Å². The van der Waals surface area contributed by atoms with E-state index in [1.807, 2.05) is 0 Å². The van der Waals surface area contributed by atoms with Gasteiger partial charge in [-0.05, 0) is 12.8 Å². The average Bonchev–Trinajstić information content (AvgIpc) is 2.30. The number of carboxylic acids is 2. The fraction of sp³-hybridized carbons (Fsp3) is 0.833. The van der Waals surface area contributed by atoms with Crippen LogP contribution < -0.4 is 6.15 Å². The summed E-state index contributed by atoms with van der Waals surface area (Å²) in [6.07, 6.45) is 1.12. The molecule has 0 saturated heterocycles. The highest BCUT2D eigenvalue weighted by atomic mass is 32.2. The van der Waals surface area contributed by atoms with Gasteiger partial charge in [-0.25, -0.2) is 0 Å². The summed E-state index contributed by atoms with van der Waals surface area (Å²) in [4.78, 5) is 22.8. The van der Waals surface area contributed by atoms with Crippen molar-refractivity contribution in [1.82, 2.24) is 6.15 Å². The van der Waals surface area contributed by atoms with Gasteiger partial charge < -0.3 is 16.4 Å². The lowest BCUT2D eigenvalue weighted by Gasteiger charge is -2.31. The van der Waals surface area contributed by atoms with E-state index >= 15 is 0 Å². The summed E-state index contributed by atoms with van der Waals surface area (Å²) >= 11 is 0. The normalized spacial score (nSPS) is 15.6. The summed E-state index contributed by atoms with van der Waals surface area (Å²) < 4.78 is 29.9. The van der Waals surface area contributed by atoms with Crippen LogP contribution in [0.15, 0.2) is 0 Å². The smallest absolute Gasteiger partial charge is 0.328 e. The van der Waals surface area contributed by atoms with Crippen molar-refractivity contribution in [3.05, 3.63) is 0 Å². The second-order valence-corrected chi connectivity index (χ2v) is 6.48. The van der Waals surface area contributed by atoms with E-state index in [0.29, 0.717) is 19.3 Å². The summed E-state index contributed by atoms with van der Waals surface area (Å²) in [5, 5.41) is 18.5. The van der Waals surface area contributed by atoms with Crippen molar-refractivity contribution in [2.75, 3.05) is 0 Å². The number of aliphatic carboxylic acids is 2. The summed E-state index contributed by atoms with van der Waals surface area (Å²) in [5.41, 5.74) is 0. The van der Waals surface area contributed by atoms with Gasteiger partial charge in [0.15, 0.2) is 0 Å². The van der Waals surface area contributed by atoms with Gasteiger partial charge in [0.2, 0.25) is 4.75 Å². The van der Waals surface area contributed by atoms with Gasteiger partial charge in [0.25, 0.3) is 10.1 Å². The van der Waals surface area contributed by atoms with Crippen LogP contribution in [-0.4, -0.2) is 39.9 Å². The molecule has 0 aliphatic rings. The van der Waals surface area contributed by atoms with E-state index < -0.39 is 39.1 Å². The van der Waals surface area contributed by atoms with Gasteiger partial charge in [-0.15, -0.1) is 0 Å². The van der Waals surface area contributed by atoms with Crippen LogP contribution >= 0.6 is 0 Å². The molecule has 0 saturated carbocycles. The Labute approximate surface area is 124 Å². The number of hydrogen-bond acceptors (Lipinski definition) is 5. The Kier molecular flexibility index (Phi) is 9.42. The third-order valence-corrected chi connectivity index (χ3v) is 5.02. The summed E-state index contributed by atoms with van der Waals surface area (Å²) in [6, 6.07) is 0. The Balaban J connectivity index is 0. The highest BCUT2D eigenvalue weighted by molar-refractivity contribution is 7.88. The highest BCUT2D eigenvalue weighted by Crippen LogP contribution is 2.36. The third kappa shape index (κ3) is 4.94. The summed E-state index contributed by atoms with van der Waals surface area (Å²) in [5.74, 6) is -4.99. The molecule has 0 aromatic rings. The Bertz CT molecular complexity index is 449. The molecular weight excluding hydrogens is 302 g/mol. The van der Waals surface area contributed by atoms with Crippen molar-refractivity contribution in [3.8, 4) is 0 Å². The first-order valence-electron chi connectivity index (χ1n) is 6.58. The van der Waals surface area contributed by atoms with Crippen LogP contribution in [0.2, 0.25) is 0 Å². The van der Waals surface area contributed by atoms with Gasteiger partial charge >= 0.3 is 11.9 Å². The van der Waals surface area contributed by atoms with Crippen molar-refractivity contribution in [2.24, 2.45) is 5.92 Å². The summed E-state index contributed by atoms with van der Waals surface area (Å²) in [7, 11) is -5.05. The van der Waals surface area contributed by atoms with Crippen molar-refractivity contribution >= 4 is 22.1 Å². The quantitative estimate of drug-likeness (QED) is 0.442. The van der Waals surface area contributed by atoms with Crippen LogP contribution in [0.3, 0.4) is 0 Å². The predicted octanol–water partition coefficient (Wildman–Crippen LogP) is 1.94. The molecule has 0 spiro atoms. The lowest BCUT2D eigenvalue weighted by atomic mass is 9.83. The van der Waals surface area contributed by atoms with E-state index in [0.717, 1.165) is 0 Å². The van der Waals surface area contributed by atoms with Crippen LogP contribution in [0, 0.1) is 5.92 Å². The minimum atomic E-state index is -5.05. The molecule has 0 amide bonds. The molecule has 0 fully saturated rings. The van der Waals surface area contributed by atoms with Gasteiger partial charge in [-0.3, -0.25) is 14.1 Å². The zero-order valence-electron chi connectivity index (χ0n) is 12.4. The Morgan fingerprint density at radius 1 is 1.10 bits per heavy atom. The topological polar surface area (TPSA) is 164 Å². The zero-order chi connectivity index (χ0) is 16.0. The second kappa shape index (κ2) is 8.96. The molecule has 126 valence electrons. The minimum absolute atomic E-state index is 0. The molecule has 0 bridgehead atoms. The Morgan fingerprint density at radius 3 is 1.86 bits per heavy atom. The van der Waals surface area contributed by atoms with Gasteiger partial charge in [-0.2, -0.15) is 8.42 Å². The number of carbonyl (C=O) groups is 2. The molecule has 0 aromatic heterocycles. The standard InChI is InChI=1S/C12H22O7S.H3N/c1-3-5-7-9(10(13)14)12(11(15)16,8-6-4-2)20(17,18)19;/h9H,3-8H2,1-2H3,(H,13,14)(H,15,16)(H,17,18,19);1H3. The predicted molar refractivity (Wildman–Crippen MR) is 77.1 cm³/mol. The molecule has 0 aromatic carbocycles. The maximum atomic E-state index is 11.6.